The molecule has 0 radical (unpaired) electrons. The van der Waals surface area contributed by atoms with E-state index in [4.69, 9.17) is 5.26 Å². The first-order valence-electron chi connectivity index (χ1n) is 5.37. The van der Waals surface area contributed by atoms with E-state index >= 15 is 0 Å². The molecule has 1 fully saturated rings. The second kappa shape index (κ2) is 4.80. The summed E-state index contributed by atoms with van der Waals surface area (Å²) in [5, 5.41) is 8.77. The quantitative estimate of drug-likeness (QED) is 0.794. The van der Waals surface area contributed by atoms with Crippen molar-refractivity contribution in [2.75, 3.05) is 0 Å². The monoisotopic (exact) mass is 277 g/mol. The van der Waals surface area contributed by atoms with Crippen LogP contribution in [-0.4, -0.2) is 10.6 Å². The Kier molecular flexibility index (Phi) is 3.40. The zero-order valence-electron chi connectivity index (χ0n) is 8.82. The maximum Gasteiger partial charge on any atom is 0.149 e. The smallest absolute Gasteiger partial charge is 0.149 e. The molecule has 0 heterocycles. The number of hydrogen-bond acceptors (Lipinski definition) is 2. The van der Waals surface area contributed by atoms with Crippen molar-refractivity contribution in [2.45, 2.75) is 24.1 Å². The molecule has 3 heteroatoms. The van der Waals surface area contributed by atoms with Crippen molar-refractivity contribution < 1.29 is 4.79 Å². The Balaban J connectivity index is 2.02. The van der Waals surface area contributed by atoms with Gasteiger partial charge in [-0.25, -0.2) is 0 Å². The summed E-state index contributed by atoms with van der Waals surface area (Å²) in [5.41, 5.74) is 1.69. The first-order chi connectivity index (χ1) is 7.70. The van der Waals surface area contributed by atoms with E-state index in [1.807, 2.05) is 18.2 Å². The lowest BCUT2D eigenvalue weighted by Crippen LogP contribution is -2.18. The van der Waals surface area contributed by atoms with Gasteiger partial charge in [0.25, 0.3) is 0 Å². The number of nitrogens with zero attached hydrogens (tertiary/aromatic N) is 1. The van der Waals surface area contributed by atoms with Gasteiger partial charge in [-0.2, -0.15) is 5.26 Å². The molecule has 16 heavy (non-hydrogen) atoms. The zero-order valence-corrected chi connectivity index (χ0v) is 10.4. The number of ketones is 1. The van der Waals surface area contributed by atoms with Gasteiger partial charge in [-0.05, 0) is 37.0 Å². The molecule has 0 aromatic heterocycles. The standard InChI is InChI=1S/C13H12BrNO/c14-12(13(16)11-4-5-11)7-9-2-1-3-10(6-9)8-15/h1-3,6,11-12H,4-5,7H2. The van der Waals surface area contributed by atoms with Crippen LogP contribution in [0, 0.1) is 17.2 Å². The topological polar surface area (TPSA) is 40.9 Å². The third kappa shape index (κ3) is 2.70. The van der Waals surface area contributed by atoms with E-state index in [2.05, 4.69) is 22.0 Å². The average molecular weight is 278 g/mol. The maximum absolute atomic E-state index is 11.8. The van der Waals surface area contributed by atoms with Gasteiger partial charge < -0.3 is 0 Å². The van der Waals surface area contributed by atoms with Crippen LogP contribution in [0.25, 0.3) is 0 Å². The number of Topliss-reactive ketones (excluding diaryl/α,β-unsaturated/α-hetero) is 1. The van der Waals surface area contributed by atoms with Crippen LogP contribution in [0.1, 0.15) is 24.0 Å². The lowest BCUT2D eigenvalue weighted by Gasteiger charge is -2.08. The first kappa shape index (κ1) is 11.3. The molecular formula is C13H12BrNO. The number of alkyl halides is 1. The van der Waals surface area contributed by atoms with Crippen molar-refractivity contribution in [3.05, 3.63) is 35.4 Å². The number of rotatable bonds is 4. The highest BCUT2D eigenvalue weighted by atomic mass is 79.9. The van der Waals surface area contributed by atoms with Crippen molar-refractivity contribution in [1.82, 2.24) is 0 Å². The number of carbonyl (C=O) groups is 1. The van der Waals surface area contributed by atoms with Gasteiger partial charge in [0, 0.05) is 5.92 Å². The Labute approximate surface area is 103 Å². The largest absolute Gasteiger partial charge is 0.298 e. The van der Waals surface area contributed by atoms with E-state index in [0.29, 0.717) is 17.8 Å². The summed E-state index contributed by atoms with van der Waals surface area (Å²) in [6, 6.07) is 9.53. The lowest BCUT2D eigenvalue weighted by atomic mass is 10.0. The predicted octanol–water partition coefficient (Wildman–Crippen LogP) is 2.84. The molecule has 1 saturated carbocycles. The maximum atomic E-state index is 11.8. The van der Waals surface area contributed by atoms with Crippen LogP contribution in [0.3, 0.4) is 0 Å². The molecule has 0 aliphatic heterocycles. The summed E-state index contributed by atoms with van der Waals surface area (Å²) in [6.45, 7) is 0. The third-order valence-corrected chi connectivity index (χ3v) is 3.53. The van der Waals surface area contributed by atoms with E-state index in [-0.39, 0.29) is 10.7 Å². The Morgan fingerprint density at radius 2 is 2.31 bits per heavy atom. The fourth-order valence-electron chi connectivity index (χ4n) is 1.70. The minimum absolute atomic E-state index is 0.103. The summed E-state index contributed by atoms with van der Waals surface area (Å²) in [7, 11) is 0. The second-order valence-corrected chi connectivity index (χ2v) is 5.27. The minimum Gasteiger partial charge on any atom is -0.298 e. The van der Waals surface area contributed by atoms with Crippen molar-refractivity contribution in [3.63, 3.8) is 0 Å². The highest BCUT2D eigenvalue weighted by Crippen LogP contribution is 2.33. The molecule has 0 amide bonds. The zero-order chi connectivity index (χ0) is 11.5. The van der Waals surface area contributed by atoms with Crippen molar-refractivity contribution in [1.29, 1.82) is 5.26 Å². The number of nitriles is 1. The van der Waals surface area contributed by atoms with E-state index in [0.717, 1.165) is 18.4 Å². The molecule has 1 atom stereocenters. The van der Waals surface area contributed by atoms with E-state index in [1.165, 1.54) is 0 Å². The van der Waals surface area contributed by atoms with Gasteiger partial charge >= 0.3 is 0 Å². The molecule has 1 aliphatic rings. The van der Waals surface area contributed by atoms with Crippen molar-refractivity contribution in [3.8, 4) is 6.07 Å². The third-order valence-electron chi connectivity index (χ3n) is 2.76. The molecule has 1 aromatic rings. The van der Waals surface area contributed by atoms with Crippen LogP contribution in [-0.2, 0) is 11.2 Å². The summed E-state index contributed by atoms with van der Waals surface area (Å²) in [5.74, 6) is 0.589. The molecule has 0 N–H and O–H groups in total. The molecule has 1 aliphatic carbocycles. The number of hydrogen-bond donors (Lipinski definition) is 0. The van der Waals surface area contributed by atoms with E-state index in [9.17, 15) is 4.79 Å². The summed E-state index contributed by atoms with van der Waals surface area (Å²) in [4.78, 5) is 11.6. The fourth-order valence-corrected chi connectivity index (χ4v) is 2.45. The van der Waals surface area contributed by atoms with Gasteiger partial charge in [0.1, 0.15) is 5.78 Å². The van der Waals surface area contributed by atoms with Crippen LogP contribution >= 0.6 is 15.9 Å². The minimum atomic E-state index is -0.103. The Bertz CT molecular complexity index is 445. The fraction of sp³-hybridized carbons (Fsp3) is 0.385. The van der Waals surface area contributed by atoms with Gasteiger partial charge in [0.15, 0.2) is 0 Å². The summed E-state index contributed by atoms with van der Waals surface area (Å²) in [6.07, 6.45) is 2.75. The number of halogens is 1. The molecule has 1 unspecified atom stereocenters. The molecule has 0 bridgehead atoms. The van der Waals surface area contributed by atoms with E-state index < -0.39 is 0 Å². The van der Waals surface area contributed by atoms with Crippen LogP contribution in [0.5, 0.6) is 0 Å². The molecule has 1 aromatic carbocycles. The van der Waals surface area contributed by atoms with Crippen LogP contribution in [0.2, 0.25) is 0 Å². The van der Waals surface area contributed by atoms with Gasteiger partial charge in [-0.15, -0.1) is 0 Å². The van der Waals surface area contributed by atoms with Gasteiger partial charge in [-0.1, -0.05) is 28.1 Å². The van der Waals surface area contributed by atoms with Crippen LogP contribution in [0.15, 0.2) is 24.3 Å². The van der Waals surface area contributed by atoms with Crippen molar-refractivity contribution in [2.24, 2.45) is 5.92 Å². The molecule has 2 nitrogen and oxygen atoms in total. The summed E-state index contributed by atoms with van der Waals surface area (Å²) >= 11 is 3.43. The molecule has 0 spiro atoms. The first-order valence-corrected chi connectivity index (χ1v) is 6.29. The number of benzene rings is 1. The Morgan fingerprint density at radius 3 is 2.94 bits per heavy atom. The highest BCUT2D eigenvalue weighted by Gasteiger charge is 2.33. The molecule has 2 rings (SSSR count). The van der Waals surface area contributed by atoms with Gasteiger partial charge in [0.2, 0.25) is 0 Å². The van der Waals surface area contributed by atoms with Crippen LogP contribution < -0.4 is 0 Å². The molecular weight excluding hydrogens is 266 g/mol. The molecule has 0 saturated heterocycles. The Hall–Kier alpha value is -1.14. The Morgan fingerprint density at radius 1 is 1.56 bits per heavy atom. The lowest BCUT2D eigenvalue weighted by molar-refractivity contribution is -0.119. The second-order valence-electron chi connectivity index (χ2n) is 4.16. The molecule has 82 valence electrons. The summed E-state index contributed by atoms with van der Waals surface area (Å²) < 4.78 is 0. The SMILES string of the molecule is N#Cc1cccc(CC(Br)C(=O)C2CC2)c1. The number of carbonyl (C=O) groups excluding carboxylic acids is 1. The van der Waals surface area contributed by atoms with Gasteiger partial charge in [0.05, 0.1) is 16.5 Å². The predicted molar refractivity (Wildman–Crippen MR) is 65.3 cm³/mol. The van der Waals surface area contributed by atoms with Crippen molar-refractivity contribution >= 4 is 21.7 Å². The normalized spacial score (nSPS) is 16.5. The van der Waals surface area contributed by atoms with Gasteiger partial charge in [-0.3, -0.25) is 4.79 Å². The highest BCUT2D eigenvalue weighted by molar-refractivity contribution is 9.10. The van der Waals surface area contributed by atoms with E-state index in [1.54, 1.807) is 6.07 Å². The van der Waals surface area contributed by atoms with Crippen LogP contribution in [0.4, 0.5) is 0 Å². The average Bonchev–Trinajstić information content (AvgIpc) is 3.12.